The highest BCUT2D eigenvalue weighted by Gasteiger charge is 2.20. The molecule has 1 unspecified atom stereocenters. The molecule has 1 aromatic rings. The van der Waals surface area contributed by atoms with E-state index >= 15 is 0 Å². The van der Waals surface area contributed by atoms with Gasteiger partial charge in [-0.1, -0.05) is 15.9 Å². The Morgan fingerprint density at radius 3 is 2.55 bits per heavy atom. The van der Waals surface area contributed by atoms with Crippen LogP contribution >= 0.6 is 15.9 Å². The fourth-order valence-electron chi connectivity index (χ4n) is 2.32. The van der Waals surface area contributed by atoms with Crippen LogP contribution in [0.1, 0.15) is 25.7 Å². The second-order valence-corrected chi connectivity index (χ2v) is 5.89. The van der Waals surface area contributed by atoms with Crippen LogP contribution in [0.15, 0.2) is 28.7 Å². The summed E-state index contributed by atoms with van der Waals surface area (Å²) >= 11 is 3.37. The lowest BCUT2D eigenvalue weighted by atomic mass is 10.1. The molecule has 0 aromatic heterocycles. The minimum absolute atomic E-state index is 0.0702. The molecule has 0 bridgehead atoms. The molecular weight excluding hydrogens is 318 g/mol. The van der Waals surface area contributed by atoms with Gasteiger partial charge in [-0.15, -0.1) is 0 Å². The predicted molar refractivity (Wildman–Crippen MR) is 82.2 cm³/mol. The van der Waals surface area contributed by atoms with E-state index < -0.39 is 6.04 Å². The van der Waals surface area contributed by atoms with Crippen molar-refractivity contribution in [3.05, 3.63) is 28.7 Å². The molecule has 1 N–H and O–H groups in total. The Balaban J connectivity index is 1.90. The largest absolute Gasteiger partial charge is 0.369 e. The summed E-state index contributed by atoms with van der Waals surface area (Å²) in [4.78, 5) is 14.0. The summed E-state index contributed by atoms with van der Waals surface area (Å²) < 4.78 is 0.987. The molecule has 0 radical (unpaired) electrons. The zero-order valence-electron chi connectivity index (χ0n) is 11.3. The van der Waals surface area contributed by atoms with Crippen LogP contribution in [0.2, 0.25) is 0 Å². The lowest BCUT2D eigenvalue weighted by molar-refractivity contribution is -0.132. The lowest BCUT2D eigenvalue weighted by Gasteiger charge is -2.27. The number of benzene rings is 1. The van der Waals surface area contributed by atoms with Crippen LogP contribution in [0.4, 0.5) is 5.69 Å². The Morgan fingerprint density at radius 1 is 1.30 bits per heavy atom. The molecule has 1 aliphatic rings. The van der Waals surface area contributed by atoms with Crippen LogP contribution in [-0.2, 0) is 4.79 Å². The van der Waals surface area contributed by atoms with Gasteiger partial charge in [0.15, 0.2) is 0 Å². The monoisotopic (exact) mass is 335 g/mol. The molecule has 5 heteroatoms. The average Bonchev–Trinajstić information content (AvgIpc) is 2.49. The van der Waals surface area contributed by atoms with Gasteiger partial charge in [0.25, 0.3) is 0 Å². The molecule has 1 fully saturated rings. The van der Waals surface area contributed by atoms with Crippen molar-refractivity contribution in [1.82, 2.24) is 4.90 Å². The number of rotatable bonds is 4. The maximum Gasteiger partial charge on any atom is 0.225 e. The minimum atomic E-state index is -0.481. The van der Waals surface area contributed by atoms with Crippen LogP contribution < -0.4 is 5.32 Å². The number of nitriles is 1. The van der Waals surface area contributed by atoms with Gasteiger partial charge in [0, 0.05) is 23.2 Å². The van der Waals surface area contributed by atoms with Crippen molar-refractivity contribution >= 4 is 27.5 Å². The highest BCUT2D eigenvalue weighted by Crippen LogP contribution is 2.16. The molecule has 106 valence electrons. The van der Waals surface area contributed by atoms with Crippen molar-refractivity contribution < 1.29 is 4.79 Å². The molecule has 1 heterocycles. The van der Waals surface area contributed by atoms with E-state index in [9.17, 15) is 10.1 Å². The molecule has 1 amide bonds. The van der Waals surface area contributed by atoms with Crippen molar-refractivity contribution in [3.8, 4) is 6.07 Å². The summed E-state index contributed by atoms with van der Waals surface area (Å²) in [5.74, 6) is 0.0702. The molecule has 4 nitrogen and oxygen atoms in total. The maximum absolute atomic E-state index is 12.1. The van der Waals surface area contributed by atoms with Crippen molar-refractivity contribution in [2.45, 2.75) is 31.7 Å². The first kappa shape index (κ1) is 14.9. The number of anilines is 1. The Morgan fingerprint density at radius 2 is 1.95 bits per heavy atom. The number of carbonyl (C=O) groups excluding carboxylic acids is 1. The number of likely N-dealkylation sites (tertiary alicyclic amines) is 1. The van der Waals surface area contributed by atoms with Crippen molar-refractivity contribution in [3.63, 3.8) is 0 Å². The molecular formula is C15H18BrN3O. The quantitative estimate of drug-likeness (QED) is 0.919. The molecule has 1 atom stereocenters. The fraction of sp³-hybridized carbons (Fsp3) is 0.467. The van der Waals surface area contributed by atoms with E-state index in [4.69, 9.17) is 0 Å². The average molecular weight is 336 g/mol. The van der Waals surface area contributed by atoms with Gasteiger partial charge in [-0.25, -0.2) is 0 Å². The van der Waals surface area contributed by atoms with E-state index in [2.05, 4.69) is 27.3 Å². The molecule has 20 heavy (non-hydrogen) atoms. The zero-order valence-corrected chi connectivity index (χ0v) is 12.9. The third-order valence-electron chi connectivity index (χ3n) is 3.43. The van der Waals surface area contributed by atoms with Crippen molar-refractivity contribution in [1.29, 1.82) is 5.26 Å². The molecule has 0 saturated carbocycles. The number of hydrogen-bond donors (Lipinski definition) is 1. The van der Waals surface area contributed by atoms with Gasteiger partial charge in [-0.3, -0.25) is 4.79 Å². The number of nitrogens with one attached hydrogen (secondary N) is 1. The highest BCUT2D eigenvalue weighted by molar-refractivity contribution is 9.10. The van der Waals surface area contributed by atoms with Gasteiger partial charge in [0.1, 0.15) is 6.04 Å². The molecule has 0 aliphatic carbocycles. The number of halogens is 1. The second kappa shape index (κ2) is 7.30. The van der Waals surface area contributed by atoms with E-state index in [1.807, 2.05) is 29.2 Å². The van der Waals surface area contributed by atoms with Gasteiger partial charge >= 0.3 is 0 Å². The summed E-state index contributed by atoms with van der Waals surface area (Å²) in [5, 5.41) is 12.3. The van der Waals surface area contributed by atoms with Crippen molar-refractivity contribution in [2.24, 2.45) is 0 Å². The van der Waals surface area contributed by atoms with E-state index in [0.29, 0.717) is 0 Å². The summed E-state index contributed by atoms with van der Waals surface area (Å²) in [6.07, 6.45) is 3.57. The Kier molecular flexibility index (Phi) is 5.42. The van der Waals surface area contributed by atoms with Gasteiger partial charge in [0.2, 0.25) is 5.91 Å². The van der Waals surface area contributed by atoms with Gasteiger partial charge in [-0.05, 0) is 43.5 Å². The first-order valence-electron chi connectivity index (χ1n) is 6.88. The smallest absolute Gasteiger partial charge is 0.225 e. The molecule has 1 aliphatic heterocycles. The second-order valence-electron chi connectivity index (χ2n) is 4.98. The molecule has 1 aromatic carbocycles. The first-order valence-corrected chi connectivity index (χ1v) is 7.68. The predicted octanol–water partition coefficient (Wildman–Crippen LogP) is 3.16. The summed E-state index contributed by atoms with van der Waals surface area (Å²) in [5.41, 5.74) is 0.853. The number of hydrogen-bond acceptors (Lipinski definition) is 3. The third-order valence-corrected chi connectivity index (χ3v) is 3.96. The van der Waals surface area contributed by atoms with Gasteiger partial charge in [0.05, 0.1) is 12.5 Å². The van der Waals surface area contributed by atoms with Crippen molar-refractivity contribution in [2.75, 3.05) is 18.4 Å². The van der Waals surface area contributed by atoms with E-state index in [1.54, 1.807) is 0 Å². The van der Waals surface area contributed by atoms with Gasteiger partial charge < -0.3 is 10.2 Å². The van der Waals surface area contributed by atoms with Crippen LogP contribution in [0.25, 0.3) is 0 Å². The lowest BCUT2D eigenvalue weighted by Crippen LogP contribution is -2.38. The van der Waals surface area contributed by atoms with Crippen LogP contribution in [0, 0.1) is 11.3 Å². The van der Waals surface area contributed by atoms with E-state index in [-0.39, 0.29) is 12.3 Å². The van der Waals surface area contributed by atoms with Crippen LogP contribution in [-0.4, -0.2) is 29.9 Å². The Bertz CT molecular complexity index is 489. The number of carbonyl (C=O) groups is 1. The third kappa shape index (κ3) is 4.24. The number of piperidine rings is 1. The SMILES string of the molecule is N#CC(CC(=O)N1CCCCC1)Nc1ccc(Br)cc1. The first-order chi connectivity index (χ1) is 9.69. The maximum atomic E-state index is 12.1. The zero-order chi connectivity index (χ0) is 14.4. The highest BCUT2D eigenvalue weighted by atomic mass is 79.9. The summed E-state index contributed by atoms with van der Waals surface area (Å²) in [6, 6.07) is 9.27. The fourth-order valence-corrected chi connectivity index (χ4v) is 2.59. The number of nitrogens with zero attached hydrogens (tertiary/aromatic N) is 2. The molecule has 0 spiro atoms. The van der Waals surface area contributed by atoms with Crippen LogP contribution in [0.3, 0.4) is 0 Å². The standard InChI is InChI=1S/C15H18BrN3O/c16-12-4-6-13(7-5-12)18-14(11-17)10-15(20)19-8-2-1-3-9-19/h4-7,14,18H,1-3,8-10H2. The Labute approximate surface area is 127 Å². The summed E-state index contributed by atoms with van der Waals surface area (Å²) in [7, 11) is 0. The van der Waals surface area contributed by atoms with E-state index in [1.165, 1.54) is 6.42 Å². The summed E-state index contributed by atoms with van der Waals surface area (Å²) in [6.45, 7) is 1.66. The number of amides is 1. The van der Waals surface area contributed by atoms with E-state index in [0.717, 1.165) is 36.1 Å². The topological polar surface area (TPSA) is 56.1 Å². The minimum Gasteiger partial charge on any atom is -0.369 e. The molecule has 1 saturated heterocycles. The normalized spacial score (nSPS) is 16.3. The Hall–Kier alpha value is -1.54. The van der Waals surface area contributed by atoms with Crippen LogP contribution in [0.5, 0.6) is 0 Å². The molecule has 2 rings (SSSR count). The van der Waals surface area contributed by atoms with Gasteiger partial charge in [-0.2, -0.15) is 5.26 Å².